The van der Waals surface area contributed by atoms with Crippen LogP contribution in [0.5, 0.6) is 0 Å². The molecule has 1 fully saturated rings. The number of likely N-dealkylation sites (tertiary alicyclic amines) is 1. The van der Waals surface area contributed by atoms with E-state index in [-0.39, 0.29) is 17.7 Å². The summed E-state index contributed by atoms with van der Waals surface area (Å²) in [5.74, 6) is -0.510. The van der Waals surface area contributed by atoms with Crippen molar-refractivity contribution < 1.29 is 17.6 Å². The van der Waals surface area contributed by atoms with Crippen molar-refractivity contribution in [3.63, 3.8) is 0 Å². The Balaban J connectivity index is 0.00000163. The van der Waals surface area contributed by atoms with Crippen LogP contribution in [0.1, 0.15) is 57.7 Å². The molecule has 1 unspecified atom stereocenters. The molecule has 2 nitrogen and oxygen atoms in total. The number of rotatable bonds is 3. The highest BCUT2D eigenvalue weighted by atomic mass is 19.4. The quantitative estimate of drug-likeness (QED) is 0.660. The van der Waals surface area contributed by atoms with Crippen molar-refractivity contribution in [2.75, 3.05) is 27.2 Å². The molecule has 1 aromatic rings. The molecule has 26 heavy (non-hydrogen) atoms. The van der Waals surface area contributed by atoms with Gasteiger partial charge in [0.2, 0.25) is 0 Å². The molecule has 1 aliphatic rings. The molecule has 1 aliphatic heterocycles. The van der Waals surface area contributed by atoms with Crippen LogP contribution >= 0.6 is 0 Å². The molecule has 0 aromatic heterocycles. The molecule has 0 aliphatic carbocycles. The Morgan fingerprint density at radius 2 is 1.69 bits per heavy atom. The van der Waals surface area contributed by atoms with Gasteiger partial charge in [-0.15, -0.1) is 0 Å². The van der Waals surface area contributed by atoms with Crippen LogP contribution in [-0.4, -0.2) is 43.0 Å². The van der Waals surface area contributed by atoms with Gasteiger partial charge in [-0.3, -0.25) is 4.90 Å². The first-order chi connectivity index (χ1) is 11.9. The number of hydrogen-bond donors (Lipinski definition) is 0. The van der Waals surface area contributed by atoms with E-state index in [2.05, 4.69) is 4.90 Å². The third-order valence-corrected chi connectivity index (χ3v) is 4.66. The van der Waals surface area contributed by atoms with Crippen LogP contribution in [0.3, 0.4) is 0 Å². The SMILES string of the molecule is CC.CN(C)C1CCN(Cc2cc(C(F)(F)F)cc(C(C)(C)C)c2F)C1. The van der Waals surface area contributed by atoms with Crippen LogP contribution in [0.2, 0.25) is 0 Å². The number of hydrogen-bond acceptors (Lipinski definition) is 2. The maximum Gasteiger partial charge on any atom is 0.416 e. The molecular formula is C20H32F4N2. The Labute approximate surface area is 155 Å². The van der Waals surface area contributed by atoms with Crippen molar-refractivity contribution in [2.45, 2.75) is 65.2 Å². The molecule has 1 heterocycles. The molecule has 0 bridgehead atoms. The number of alkyl halides is 3. The van der Waals surface area contributed by atoms with Crippen LogP contribution in [-0.2, 0) is 18.1 Å². The van der Waals surface area contributed by atoms with Crippen molar-refractivity contribution in [1.29, 1.82) is 0 Å². The Hall–Kier alpha value is -1.14. The Kier molecular flexibility index (Phi) is 7.66. The minimum atomic E-state index is -4.47. The molecule has 1 aromatic carbocycles. The minimum absolute atomic E-state index is 0.121. The van der Waals surface area contributed by atoms with Crippen LogP contribution in [0, 0.1) is 5.82 Å². The van der Waals surface area contributed by atoms with E-state index in [0.717, 1.165) is 31.6 Å². The number of likely N-dealkylation sites (N-methyl/N-ethyl adjacent to an activating group) is 1. The first-order valence-electron chi connectivity index (χ1n) is 9.18. The van der Waals surface area contributed by atoms with E-state index in [0.29, 0.717) is 6.04 Å². The fourth-order valence-electron chi connectivity index (χ4n) is 3.13. The van der Waals surface area contributed by atoms with Gasteiger partial charge >= 0.3 is 6.18 Å². The van der Waals surface area contributed by atoms with E-state index < -0.39 is 23.0 Å². The lowest BCUT2D eigenvalue weighted by atomic mass is 9.84. The van der Waals surface area contributed by atoms with E-state index in [4.69, 9.17) is 0 Å². The normalized spacial score (nSPS) is 18.8. The molecule has 1 atom stereocenters. The summed E-state index contributed by atoms with van der Waals surface area (Å²) in [6.07, 6.45) is -3.53. The highest BCUT2D eigenvalue weighted by Gasteiger charge is 2.35. The standard InChI is InChI=1S/C18H26F4N2.C2H6/c1-17(2,3)15-9-13(18(20,21)22)8-12(16(15)19)10-24-7-6-14(11-24)23(4)5;1-2/h8-9,14H,6-7,10-11H2,1-5H3;1-2H3. The van der Waals surface area contributed by atoms with E-state index in [1.165, 1.54) is 0 Å². The zero-order chi connectivity index (χ0) is 20.3. The Morgan fingerprint density at radius 3 is 2.12 bits per heavy atom. The molecule has 0 saturated carbocycles. The van der Waals surface area contributed by atoms with Crippen LogP contribution < -0.4 is 0 Å². The lowest BCUT2D eigenvalue weighted by Crippen LogP contribution is -2.31. The topological polar surface area (TPSA) is 6.48 Å². The first-order valence-corrected chi connectivity index (χ1v) is 9.18. The van der Waals surface area contributed by atoms with E-state index in [1.54, 1.807) is 20.8 Å². The molecule has 0 N–H and O–H groups in total. The largest absolute Gasteiger partial charge is 0.416 e. The molecule has 150 valence electrons. The summed E-state index contributed by atoms with van der Waals surface area (Å²) < 4.78 is 54.5. The number of nitrogens with zero attached hydrogens (tertiary/aromatic N) is 2. The summed E-state index contributed by atoms with van der Waals surface area (Å²) in [5, 5.41) is 0. The minimum Gasteiger partial charge on any atom is -0.305 e. The highest BCUT2D eigenvalue weighted by molar-refractivity contribution is 5.37. The average molecular weight is 376 g/mol. The van der Waals surface area contributed by atoms with Crippen molar-refractivity contribution in [1.82, 2.24) is 9.80 Å². The van der Waals surface area contributed by atoms with E-state index in [9.17, 15) is 17.6 Å². The van der Waals surface area contributed by atoms with Gasteiger partial charge in [-0.1, -0.05) is 34.6 Å². The third kappa shape index (κ3) is 5.68. The lowest BCUT2D eigenvalue weighted by Gasteiger charge is -2.25. The predicted molar refractivity (Wildman–Crippen MR) is 98.8 cm³/mol. The van der Waals surface area contributed by atoms with Gasteiger partial charge in [-0.05, 0) is 43.6 Å². The molecule has 0 spiro atoms. The molecule has 0 amide bonds. The number of benzene rings is 1. The van der Waals surface area contributed by atoms with Crippen molar-refractivity contribution in [3.05, 3.63) is 34.6 Å². The first kappa shape index (κ1) is 22.9. The molecule has 0 radical (unpaired) electrons. The zero-order valence-electron chi connectivity index (χ0n) is 17.0. The summed E-state index contributed by atoms with van der Waals surface area (Å²) in [7, 11) is 3.97. The fourth-order valence-corrected chi connectivity index (χ4v) is 3.13. The molecule has 6 heteroatoms. The van der Waals surface area contributed by atoms with Gasteiger partial charge in [0.25, 0.3) is 0 Å². The third-order valence-electron chi connectivity index (χ3n) is 4.66. The zero-order valence-corrected chi connectivity index (χ0v) is 17.0. The second kappa shape index (κ2) is 8.70. The van der Waals surface area contributed by atoms with Gasteiger partial charge in [-0.2, -0.15) is 13.2 Å². The second-order valence-corrected chi connectivity index (χ2v) is 7.89. The maximum absolute atomic E-state index is 14.8. The van der Waals surface area contributed by atoms with Gasteiger partial charge in [0.05, 0.1) is 5.56 Å². The van der Waals surface area contributed by atoms with E-state index >= 15 is 0 Å². The summed E-state index contributed by atoms with van der Waals surface area (Å²) in [6, 6.07) is 2.28. The summed E-state index contributed by atoms with van der Waals surface area (Å²) in [4.78, 5) is 4.12. The molecule has 1 saturated heterocycles. The van der Waals surface area contributed by atoms with Crippen molar-refractivity contribution in [3.8, 4) is 0 Å². The van der Waals surface area contributed by atoms with Crippen LogP contribution in [0.4, 0.5) is 17.6 Å². The van der Waals surface area contributed by atoms with Crippen molar-refractivity contribution >= 4 is 0 Å². The average Bonchev–Trinajstić information content (AvgIpc) is 2.98. The monoisotopic (exact) mass is 376 g/mol. The summed E-state index contributed by atoms with van der Waals surface area (Å²) in [6.45, 7) is 10.9. The van der Waals surface area contributed by atoms with Gasteiger partial charge in [0.15, 0.2) is 0 Å². The van der Waals surface area contributed by atoms with Gasteiger partial charge in [0, 0.05) is 31.2 Å². The van der Waals surface area contributed by atoms with Gasteiger partial charge in [-0.25, -0.2) is 4.39 Å². The van der Waals surface area contributed by atoms with E-state index in [1.807, 2.05) is 32.8 Å². The Bertz CT molecular complexity index is 589. The Morgan fingerprint density at radius 1 is 1.12 bits per heavy atom. The summed E-state index contributed by atoms with van der Waals surface area (Å²) >= 11 is 0. The van der Waals surface area contributed by atoms with Crippen molar-refractivity contribution in [2.24, 2.45) is 0 Å². The highest BCUT2D eigenvalue weighted by Crippen LogP contribution is 2.36. The van der Waals surface area contributed by atoms with Gasteiger partial charge < -0.3 is 4.90 Å². The van der Waals surface area contributed by atoms with Gasteiger partial charge in [0.1, 0.15) is 5.82 Å². The number of halogens is 4. The smallest absolute Gasteiger partial charge is 0.305 e. The molecular weight excluding hydrogens is 344 g/mol. The lowest BCUT2D eigenvalue weighted by molar-refractivity contribution is -0.137. The predicted octanol–water partition coefficient (Wildman–Crippen LogP) is 5.30. The summed E-state index contributed by atoms with van der Waals surface area (Å²) in [5.41, 5.74) is -1.20. The molecule has 2 rings (SSSR count). The maximum atomic E-state index is 14.8. The second-order valence-electron chi connectivity index (χ2n) is 7.89. The van der Waals surface area contributed by atoms with Crippen LogP contribution in [0.25, 0.3) is 0 Å². The fraction of sp³-hybridized carbons (Fsp3) is 0.700. The van der Waals surface area contributed by atoms with Crippen LogP contribution in [0.15, 0.2) is 12.1 Å².